The van der Waals surface area contributed by atoms with Gasteiger partial charge in [-0.25, -0.2) is 4.39 Å². The monoisotopic (exact) mass is 356 g/mol. The summed E-state index contributed by atoms with van der Waals surface area (Å²) < 4.78 is 13.0. The minimum absolute atomic E-state index is 0.150. The Balaban J connectivity index is 1.30. The summed E-state index contributed by atoms with van der Waals surface area (Å²) in [6.07, 6.45) is 1.23. The van der Waals surface area contributed by atoms with Crippen LogP contribution in [0, 0.1) is 30.8 Å². The van der Waals surface area contributed by atoms with Crippen molar-refractivity contribution in [1.82, 2.24) is 4.90 Å². The third kappa shape index (κ3) is 3.76. The molecule has 1 saturated heterocycles. The number of hydrogen-bond acceptors (Lipinski definition) is 2. The zero-order valence-electron chi connectivity index (χ0n) is 14.4. The Labute approximate surface area is 154 Å². The molecule has 1 aliphatic heterocycles. The van der Waals surface area contributed by atoms with E-state index in [1.807, 2.05) is 18.2 Å². The molecule has 4 heteroatoms. The Morgan fingerprint density at radius 1 is 1.12 bits per heavy atom. The molecule has 2 aromatic rings. The molecule has 1 aliphatic carbocycles. The second kappa shape index (κ2) is 6.86. The van der Waals surface area contributed by atoms with E-state index in [2.05, 4.69) is 28.9 Å². The summed E-state index contributed by atoms with van der Waals surface area (Å²) in [7, 11) is 0. The van der Waals surface area contributed by atoms with Crippen LogP contribution in [0.1, 0.15) is 23.5 Å². The van der Waals surface area contributed by atoms with Gasteiger partial charge in [-0.3, -0.25) is 4.90 Å². The number of benzene rings is 1. The van der Waals surface area contributed by atoms with Crippen molar-refractivity contribution < 1.29 is 4.39 Å². The molecule has 0 bridgehead atoms. The van der Waals surface area contributed by atoms with E-state index >= 15 is 0 Å². The first-order chi connectivity index (χ1) is 12.1. The Hall–Kier alpha value is -1.76. The van der Waals surface area contributed by atoms with Gasteiger partial charge >= 0.3 is 0 Å². The summed E-state index contributed by atoms with van der Waals surface area (Å²) in [5.41, 5.74) is 3.57. The van der Waals surface area contributed by atoms with Crippen LogP contribution in [0.3, 0.4) is 0 Å². The molecular weight excluding hydrogens is 335 g/mol. The molecule has 0 amide bonds. The molecule has 1 saturated carbocycles. The predicted molar refractivity (Wildman–Crippen MR) is 99.8 cm³/mol. The maximum absolute atomic E-state index is 13.0. The fourth-order valence-corrected chi connectivity index (χ4v) is 4.03. The number of anilines is 1. The minimum Gasteiger partial charge on any atom is -0.368 e. The molecule has 2 fully saturated rings. The van der Waals surface area contributed by atoms with Gasteiger partial charge in [-0.2, -0.15) is 0 Å². The van der Waals surface area contributed by atoms with E-state index in [0.29, 0.717) is 16.9 Å². The molecule has 25 heavy (non-hydrogen) atoms. The minimum atomic E-state index is -0.150. The summed E-state index contributed by atoms with van der Waals surface area (Å²) >= 11 is 6.08. The molecular formula is C21H22ClFN2. The molecule has 2 atom stereocenters. The smallest absolute Gasteiger partial charge is 0.123 e. The molecule has 0 spiro atoms. The largest absolute Gasteiger partial charge is 0.368 e. The molecule has 2 aliphatic rings. The molecule has 0 aromatic heterocycles. The highest BCUT2D eigenvalue weighted by atomic mass is 35.5. The highest BCUT2D eigenvalue weighted by Crippen LogP contribution is 2.47. The molecule has 1 heterocycles. The van der Waals surface area contributed by atoms with Crippen molar-refractivity contribution in [3.05, 3.63) is 64.4 Å². The van der Waals surface area contributed by atoms with Gasteiger partial charge in [0.15, 0.2) is 0 Å². The van der Waals surface area contributed by atoms with Crippen molar-refractivity contribution in [3.63, 3.8) is 0 Å². The zero-order chi connectivity index (χ0) is 17.4. The first-order valence-corrected chi connectivity index (χ1v) is 9.31. The standard InChI is InChI=1S/C21H22ClFN2/c1-15-2-5-18(22)13-21(15)25-10-8-24(9-11-25)14-17-12-20(17)16-3-6-19(23)7-4-16/h3-4,6-7,13,17,20H,8-12,14H2,1H3/t17-,20+/m1/s1. The lowest BCUT2D eigenvalue weighted by Gasteiger charge is -2.36. The van der Waals surface area contributed by atoms with Crippen molar-refractivity contribution >= 4 is 17.3 Å². The van der Waals surface area contributed by atoms with Crippen molar-refractivity contribution in [1.29, 1.82) is 0 Å². The van der Waals surface area contributed by atoms with Crippen LogP contribution in [-0.4, -0.2) is 37.6 Å². The second-order valence-electron chi connectivity index (χ2n) is 7.19. The van der Waals surface area contributed by atoms with E-state index in [-0.39, 0.29) is 5.82 Å². The fraction of sp³-hybridized carbons (Fsp3) is 0.429. The highest BCUT2D eigenvalue weighted by Gasteiger charge is 2.39. The third-order valence-corrected chi connectivity index (χ3v) is 5.65. The average Bonchev–Trinajstić information content (AvgIpc) is 3.38. The lowest BCUT2D eigenvalue weighted by molar-refractivity contribution is 0.246. The summed E-state index contributed by atoms with van der Waals surface area (Å²) in [5.74, 6) is 1.18. The number of hydrogen-bond donors (Lipinski definition) is 0. The van der Waals surface area contributed by atoms with Crippen molar-refractivity contribution in [3.8, 4) is 0 Å². The van der Waals surface area contributed by atoms with Gasteiger partial charge in [-0.15, -0.1) is 0 Å². The maximum Gasteiger partial charge on any atom is 0.123 e. The Morgan fingerprint density at radius 3 is 2.56 bits per heavy atom. The van der Waals surface area contributed by atoms with Gasteiger partial charge in [0.05, 0.1) is 10.7 Å². The summed E-state index contributed by atoms with van der Waals surface area (Å²) in [5, 5.41) is 0.628. The van der Waals surface area contributed by atoms with Crippen LogP contribution in [-0.2, 0) is 0 Å². The van der Waals surface area contributed by atoms with E-state index in [1.54, 1.807) is 12.1 Å². The van der Waals surface area contributed by atoms with Gasteiger partial charge < -0.3 is 4.90 Å². The molecule has 0 unspecified atom stereocenters. The van der Waals surface area contributed by atoms with Gasteiger partial charge in [-0.05, 0) is 55.0 Å². The van der Waals surface area contributed by atoms with E-state index < -0.39 is 0 Å². The lowest BCUT2D eigenvalue weighted by Crippen LogP contribution is -2.47. The topological polar surface area (TPSA) is 6.48 Å². The van der Waals surface area contributed by atoms with E-state index in [9.17, 15) is 4.39 Å². The van der Waals surface area contributed by atoms with Gasteiger partial charge in [0, 0.05) is 38.3 Å². The van der Waals surface area contributed by atoms with Crippen LogP contribution in [0.2, 0.25) is 5.02 Å². The van der Waals surface area contributed by atoms with Crippen molar-refractivity contribution in [2.75, 3.05) is 37.6 Å². The lowest BCUT2D eigenvalue weighted by atomic mass is 10.1. The van der Waals surface area contributed by atoms with Crippen LogP contribution in [0.15, 0.2) is 30.3 Å². The number of halogens is 2. The number of rotatable bonds is 4. The van der Waals surface area contributed by atoms with Crippen LogP contribution in [0.5, 0.6) is 0 Å². The normalized spacial score (nSPS) is 23.4. The SMILES string of the molecule is Cc1c#cc(Cl)cc1N1CCN(C[C@H]2C[C@H]2c2ccc(F)cc2)CC1. The Morgan fingerprint density at radius 2 is 1.84 bits per heavy atom. The van der Waals surface area contributed by atoms with Gasteiger partial charge in [0.1, 0.15) is 5.82 Å². The van der Waals surface area contributed by atoms with Crippen LogP contribution in [0.4, 0.5) is 10.1 Å². The summed E-state index contributed by atoms with van der Waals surface area (Å²) in [4.78, 5) is 4.95. The quantitative estimate of drug-likeness (QED) is 0.805. The maximum atomic E-state index is 13.0. The van der Waals surface area contributed by atoms with Gasteiger partial charge in [0.2, 0.25) is 0 Å². The number of piperazine rings is 1. The average molecular weight is 357 g/mol. The van der Waals surface area contributed by atoms with Crippen LogP contribution in [0.25, 0.3) is 0 Å². The van der Waals surface area contributed by atoms with Gasteiger partial charge in [-0.1, -0.05) is 29.8 Å². The predicted octanol–water partition coefficient (Wildman–Crippen LogP) is 4.31. The number of nitrogens with zero attached hydrogens (tertiary/aromatic N) is 2. The van der Waals surface area contributed by atoms with Crippen LogP contribution < -0.4 is 4.90 Å². The fourth-order valence-electron chi connectivity index (χ4n) is 3.88. The second-order valence-corrected chi connectivity index (χ2v) is 7.60. The molecule has 2 nitrogen and oxygen atoms in total. The molecule has 130 valence electrons. The molecule has 4 rings (SSSR count). The van der Waals surface area contributed by atoms with Crippen LogP contribution >= 0.6 is 11.6 Å². The van der Waals surface area contributed by atoms with E-state index in [1.165, 1.54) is 17.7 Å². The Kier molecular flexibility index (Phi) is 4.58. The van der Waals surface area contributed by atoms with Gasteiger partial charge in [0.25, 0.3) is 0 Å². The molecule has 0 radical (unpaired) electrons. The molecule has 0 N–H and O–H groups in total. The van der Waals surface area contributed by atoms with E-state index in [4.69, 9.17) is 11.6 Å². The third-order valence-electron chi connectivity index (χ3n) is 5.44. The zero-order valence-corrected chi connectivity index (χ0v) is 15.2. The van der Waals surface area contributed by atoms with Crippen molar-refractivity contribution in [2.24, 2.45) is 5.92 Å². The first-order valence-electron chi connectivity index (χ1n) is 8.93. The Bertz CT molecular complexity index is 738. The van der Waals surface area contributed by atoms with Crippen molar-refractivity contribution in [2.45, 2.75) is 19.3 Å². The highest BCUT2D eigenvalue weighted by molar-refractivity contribution is 6.30. The summed E-state index contributed by atoms with van der Waals surface area (Å²) in [6.45, 7) is 7.38. The van der Waals surface area contributed by atoms with E-state index in [0.717, 1.165) is 38.3 Å². The summed E-state index contributed by atoms with van der Waals surface area (Å²) in [6, 6.07) is 15.1. The molecule has 2 aromatic carbocycles. The first kappa shape index (κ1) is 16.7.